The van der Waals surface area contributed by atoms with Crippen LogP contribution in [0.15, 0.2) is 56.1 Å². The Morgan fingerprint density at radius 1 is 1.04 bits per heavy atom. The van der Waals surface area contributed by atoms with Gasteiger partial charge in [0, 0.05) is 15.6 Å². The van der Waals surface area contributed by atoms with E-state index in [1.54, 1.807) is 25.1 Å². The van der Waals surface area contributed by atoms with Crippen LogP contribution in [0.5, 0.6) is 0 Å². The van der Waals surface area contributed by atoms with Crippen LogP contribution in [0, 0.1) is 6.92 Å². The van der Waals surface area contributed by atoms with Gasteiger partial charge in [-0.2, -0.15) is 13.2 Å². The standard InChI is InChI=1S/C17H10BrF3O2/c1-9-15(22)13-8-12(18)6-7-14(13)23-16(9)10-2-4-11(5-3-10)17(19,20)21/h2-8H,1H3. The van der Waals surface area contributed by atoms with Gasteiger partial charge >= 0.3 is 6.18 Å². The molecular formula is C17H10BrF3O2. The van der Waals surface area contributed by atoms with Crippen molar-refractivity contribution in [2.75, 3.05) is 0 Å². The Hall–Kier alpha value is -2.08. The molecule has 0 saturated carbocycles. The van der Waals surface area contributed by atoms with Crippen LogP contribution in [-0.2, 0) is 6.18 Å². The topological polar surface area (TPSA) is 30.2 Å². The lowest BCUT2D eigenvalue weighted by Gasteiger charge is -2.10. The lowest BCUT2D eigenvalue weighted by molar-refractivity contribution is -0.137. The Balaban J connectivity index is 2.19. The summed E-state index contributed by atoms with van der Waals surface area (Å²) in [6, 6.07) is 9.59. The first-order chi connectivity index (χ1) is 10.8. The molecule has 0 aliphatic heterocycles. The number of fused-ring (bicyclic) bond motifs is 1. The Labute approximate surface area is 137 Å². The number of halogens is 4. The van der Waals surface area contributed by atoms with Crippen LogP contribution < -0.4 is 5.43 Å². The molecule has 0 N–H and O–H groups in total. The van der Waals surface area contributed by atoms with Gasteiger partial charge < -0.3 is 4.42 Å². The van der Waals surface area contributed by atoms with Crippen molar-refractivity contribution >= 4 is 26.9 Å². The van der Waals surface area contributed by atoms with Crippen LogP contribution in [0.4, 0.5) is 13.2 Å². The van der Waals surface area contributed by atoms with Gasteiger partial charge in [-0.1, -0.05) is 28.1 Å². The molecule has 2 aromatic carbocycles. The second-order valence-electron chi connectivity index (χ2n) is 5.10. The summed E-state index contributed by atoms with van der Waals surface area (Å²) in [4.78, 5) is 12.4. The fourth-order valence-electron chi connectivity index (χ4n) is 2.35. The molecular weight excluding hydrogens is 373 g/mol. The first-order valence-corrected chi connectivity index (χ1v) is 7.47. The fourth-order valence-corrected chi connectivity index (χ4v) is 2.71. The van der Waals surface area contributed by atoms with Crippen molar-refractivity contribution < 1.29 is 17.6 Å². The molecule has 0 spiro atoms. The monoisotopic (exact) mass is 382 g/mol. The van der Waals surface area contributed by atoms with Crippen LogP contribution in [0.2, 0.25) is 0 Å². The molecule has 0 atom stereocenters. The SMILES string of the molecule is Cc1c(-c2ccc(C(F)(F)F)cc2)oc2ccc(Br)cc2c1=O. The van der Waals surface area contributed by atoms with Crippen molar-refractivity contribution in [3.05, 3.63) is 68.3 Å². The predicted molar refractivity (Wildman–Crippen MR) is 85.4 cm³/mol. The van der Waals surface area contributed by atoms with Crippen molar-refractivity contribution in [3.63, 3.8) is 0 Å². The number of benzene rings is 2. The van der Waals surface area contributed by atoms with E-state index < -0.39 is 11.7 Å². The summed E-state index contributed by atoms with van der Waals surface area (Å²) in [7, 11) is 0. The van der Waals surface area contributed by atoms with Gasteiger partial charge in [0.05, 0.1) is 10.9 Å². The molecule has 3 rings (SSSR count). The quantitative estimate of drug-likeness (QED) is 0.552. The smallest absolute Gasteiger partial charge is 0.416 e. The van der Waals surface area contributed by atoms with E-state index in [9.17, 15) is 18.0 Å². The zero-order chi connectivity index (χ0) is 16.8. The molecule has 118 valence electrons. The maximum Gasteiger partial charge on any atom is 0.416 e. The summed E-state index contributed by atoms with van der Waals surface area (Å²) in [6.07, 6.45) is -4.40. The van der Waals surface area contributed by atoms with Gasteiger partial charge in [0.1, 0.15) is 11.3 Å². The number of hydrogen-bond acceptors (Lipinski definition) is 2. The van der Waals surface area contributed by atoms with E-state index in [2.05, 4.69) is 15.9 Å². The molecule has 1 aromatic heterocycles. The molecule has 0 fully saturated rings. The van der Waals surface area contributed by atoms with Crippen LogP contribution >= 0.6 is 15.9 Å². The highest BCUT2D eigenvalue weighted by Crippen LogP contribution is 2.32. The summed E-state index contributed by atoms with van der Waals surface area (Å²) in [6.45, 7) is 1.60. The zero-order valence-electron chi connectivity index (χ0n) is 11.9. The van der Waals surface area contributed by atoms with E-state index in [0.717, 1.165) is 16.6 Å². The maximum atomic E-state index is 12.6. The maximum absolute atomic E-state index is 12.6. The van der Waals surface area contributed by atoms with Crippen LogP contribution in [0.3, 0.4) is 0 Å². The second kappa shape index (κ2) is 5.53. The average molecular weight is 383 g/mol. The molecule has 6 heteroatoms. The average Bonchev–Trinajstić information content (AvgIpc) is 2.51. The minimum atomic E-state index is -4.40. The number of alkyl halides is 3. The molecule has 0 unspecified atom stereocenters. The first-order valence-electron chi connectivity index (χ1n) is 6.68. The minimum Gasteiger partial charge on any atom is -0.456 e. The molecule has 0 saturated heterocycles. The van der Waals surface area contributed by atoms with Gasteiger partial charge in [-0.25, -0.2) is 0 Å². The number of hydrogen-bond donors (Lipinski definition) is 0. The normalized spacial score (nSPS) is 11.9. The van der Waals surface area contributed by atoms with Gasteiger partial charge in [0.15, 0.2) is 5.43 Å². The van der Waals surface area contributed by atoms with Gasteiger partial charge in [0.2, 0.25) is 0 Å². The predicted octanol–water partition coefficient (Wildman–Crippen LogP) is 5.55. The zero-order valence-corrected chi connectivity index (χ0v) is 13.5. The van der Waals surface area contributed by atoms with Crippen molar-refractivity contribution in [3.8, 4) is 11.3 Å². The van der Waals surface area contributed by atoms with Crippen LogP contribution in [0.1, 0.15) is 11.1 Å². The van der Waals surface area contributed by atoms with E-state index in [1.807, 2.05) is 0 Å². The number of rotatable bonds is 1. The minimum absolute atomic E-state index is 0.206. The highest BCUT2D eigenvalue weighted by molar-refractivity contribution is 9.10. The highest BCUT2D eigenvalue weighted by atomic mass is 79.9. The Morgan fingerprint density at radius 2 is 1.70 bits per heavy atom. The third-order valence-electron chi connectivity index (χ3n) is 3.55. The third-order valence-corrected chi connectivity index (χ3v) is 4.05. The summed E-state index contributed by atoms with van der Waals surface area (Å²) < 4.78 is 44.4. The van der Waals surface area contributed by atoms with Gasteiger partial charge in [-0.3, -0.25) is 4.79 Å². The van der Waals surface area contributed by atoms with Gasteiger partial charge in [-0.05, 0) is 37.3 Å². The Kier molecular flexibility index (Phi) is 3.80. The summed E-state index contributed by atoms with van der Waals surface area (Å²) >= 11 is 3.29. The van der Waals surface area contributed by atoms with E-state index in [1.165, 1.54) is 12.1 Å². The molecule has 1 heterocycles. The molecule has 2 nitrogen and oxygen atoms in total. The molecule has 0 aliphatic carbocycles. The van der Waals surface area contributed by atoms with Gasteiger partial charge in [0.25, 0.3) is 0 Å². The Bertz CT molecular complexity index is 941. The highest BCUT2D eigenvalue weighted by Gasteiger charge is 2.30. The molecule has 23 heavy (non-hydrogen) atoms. The fraction of sp³-hybridized carbons (Fsp3) is 0.118. The van der Waals surface area contributed by atoms with E-state index in [4.69, 9.17) is 4.42 Å². The second-order valence-corrected chi connectivity index (χ2v) is 6.02. The van der Waals surface area contributed by atoms with Gasteiger partial charge in [-0.15, -0.1) is 0 Å². The molecule has 0 amide bonds. The van der Waals surface area contributed by atoms with Crippen LogP contribution in [-0.4, -0.2) is 0 Å². The first kappa shape index (κ1) is 15.8. The van der Waals surface area contributed by atoms with E-state index in [-0.39, 0.29) is 11.2 Å². The van der Waals surface area contributed by atoms with Crippen LogP contribution in [0.25, 0.3) is 22.3 Å². The molecule has 3 aromatic rings. The lowest BCUT2D eigenvalue weighted by atomic mass is 10.0. The third kappa shape index (κ3) is 2.91. The molecule has 0 bridgehead atoms. The summed E-state index contributed by atoms with van der Waals surface area (Å²) in [5.74, 6) is 0.276. The summed E-state index contributed by atoms with van der Waals surface area (Å²) in [5.41, 5.74) is 0.222. The summed E-state index contributed by atoms with van der Waals surface area (Å²) in [5, 5.41) is 0.424. The van der Waals surface area contributed by atoms with Crippen molar-refractivity contribution in [1.82, 2.24) is 0 Å². The molecule has 0 aliphatic rings. The van der Waals surface area contributed by atoms with E-state index >= 15 is 0 Å². The van der Waals surface area contributed by atoms with Crippen molar-refractivity contribution in [2.45, 2.75) is 13.1 Å². The largest absolute Gasteiger partial charge is 0.456 e. The van der Waals surface area contributed by atoms with E-state index in [0.29, 0.717) is 22.1 Å². The van der Waals surface area contributed by atoms with Crippen molar-refractivity contribution in [1.29, 1.82) is 0 Å². The Morgan fingerprint density at radius 3 is 2.30 bits per heavy atom. The van der Waals surface area contributed by atoms with Crippen molar-refractivity contribution in [2.24, 2.45) is 0 Å². The lowest BCUT2D eigenvalue weighted by Crippen LogP contribution is -2.08. The molecule has 0 radical (unpaired) electrons.